The fraction of sp³-hybridized carbons (Fsp3) is 0.182. The van der Waals surface area contributed by atoms with E-state index >= 15 is 0 Å². The molecule has 0 bridgehead atoms. The largest absolute Gasteiger partial charge is 0.399 e. The molecule has 0 aliphatic heterocycles. The van der Waals surface area contributed by atoms with Crippen LogP contribution in [0.2, 0.25) is 0 Å². The minimum absolute atomic E-state index is 0.0343. The molecule has 0 amide bonds. The number of aromatic nitrogens is 2. The summed E-state index contributed by atoms with van der Waals surface area (Å²) in [6.45, 7) is 0.456. The second-order valence-corrected chi connectivity index (χ2v) is 3.89. The van der Waals surface area contributed by atoms with E-state index in [0.717, 1.165) is 5.56 Å². The Kier molecular flexibility index (Phi) is 3.13. The lowest BCUT2D eigenvalue weighted by Crippen LogP contribution is -2.02. The van der Waals surface area contributed by atoms with E-state index in [2.05, 4.69) is 10.4 Å². The van der Waals surface area contributed by atoms with Crippen molar-refractivity contribution in [2.45, 2.75) is 6.54 Å². The summed E-state index contributed by atoms with van der Waals surface area (Å²) in [5.41, 5.74) is 7.20. The smallest absolute Gasteiger partial charge is 0.330 e. The quantitative estimate of drug-likeness (QED) is 0.485. The molecule has 0 spiro atoms. The Bertz CT molecular complexity index is 561. The van der Waals surface area contributed by atoms with Crippen LogP contribution in [0, 0.1) is 10.1 Å². The average Bonchev–Trinajstić information content (AvgIpc) is 2.70. The molecule has 3 N–H and O–H groups in total. The number of rotatable bonds is 4. The molecule has 7 nitrogen and oxygen atoms in total. The van der Waals surface area contributed by atoms with Crippen molar-refractivity contribution < 1.29 is 4.92 Å². The molecule has 94 valence electrons. The highest BCUT2D eigenvalue weighted by Gasteiger charge is 2.17. The first kappa shape index (κ1) is 11.9. The molecule has 0 fully saturated rings. The zero-order chi connectivity index (χ0) is 13.1. The Morgan fingerprint density at radius 1 is 1.44 bits per heavy atom. The maximum absolute atomic E-state index is 10.8. The second-order valence-electron chi connectivity index (χ2n) is 3.89. The summed E-state index contributed by atoms with van der Waals surface area (Å²) in [4.78, 5) is 10.3. The van der Waals surface area contributed by atoms with Crippen molar-refractivity contribution in [2.24, 2.45) is 7.05 Å². The number of nitrogens with two attached hydrogens (primary N) is 1. The Morgan fingerprint density at radius 3 is 2.72 bits per heavy atom. The van der Waals surface area contributed by atoms with Crippen LogP contribution in [-0.2, 0) is 13.6 Å². The SMILES string of the molecule is Cn1cc([N+](=O)[O-])c(NCc2ccc(N)cc2)n1. The van der Waals surface area contributed by atoms with Crippen LogP contribution < -0.4 is 11.1 Å². The third-order valence-electron chi connectivity index (χ3n) is 2.45. The summed E-state index contributed by atoms with van der Waals surface area (Å²) in [5, 5.41) is 17.7. The number of hydrogen-bond acceptors (Lipinski definition) is 5. The van der Waals surface area contributed by atoms with Gasteiger partial charge in [-0.3, -0.25) is 14.8 Å². The highest BCUT2D eigenvalue weighted by atomic mass is 16.6. The van der Waals surface area contributed by atoms with Crippen LogP contribution in [0.4, 0.5) is 17.2 Å². The Balaban J connectivity index is 2.10. The number of nitrogens with zero attached hydrogens (tertiary/aromatic N) is 3. The lowest BCUT2D eigenvalue weighted by atomic mass is 10.2. The Morgan fingerprint density at radius 2 is 2.11 bits per heavy atom. The van der Waals surface area contributed by atoms with Gasteiger partial charge in [0.05, 0.1) is 4.92 Å². The van der Waals surface area contributed by atoms with Crippen molar-refractivity contribution in [3.63, 3.8) is 0 Å². The van der Waals surface area contributed by atoms with Crippen molar-refractivity contribution >= 4 is 17.2 Å². The molecule has 7 heteroatoms. The predicted molar refractivity (Wildman–Crippen MR) is 68.0 cm³/mol. The van der Waals surface area contributed by atoms with E-state index in [4.69, 9.17) is 5.73 Å². The van der Waals surface area contributed by atoms with E-state index in [1.807, 2.05) is 12.1 Å². The van der Waals surface area contributed by atoms with E-state index in [1.54, 1.807) is 19.2 Å². The number of hydrogen-bond donors (Lipinski definition) is 2. The molecule has 2 rings (SSSR count). The first-order valence-corrected chi connectivity index (χ1v) is 5.32. The van der Waals surface area contributed by atoms with Gasteiger partial charge in [0.2, 0.25) is 5.82 Å². The highest BCUT2D eigenvalue weighted by Crippen LogP contribution is 2.22. The molecular weight excluding hydrogens is 234 g/mol. The summed E-state index contributed by atoms with van der Waals surface area (Å²) >= 11 is 0. The van der Waals surface area contributed by atoms with Gasteiger partial charge in [-0.1, -0.05) is 12.1 Å². The van der Waals surface area contributed by atoms with Crippen molar-refractivity contribution in [2.75, 3.05) is 11.1 Å². The molecule has 1 heterocycles. The zero-order valence-electron chi connectivity index (χ0n) is 9.83. The molecule has 0 aliphatic rings. The first-order chi connectivity index (χ1) is 8.56. The van der Waals surface area contributed by atoms with Crippen LogP contribution in [0.5, 0.6) is 0 Å². The third kappa shape index (κ3) is 2.57. The third-order valence-corrected chi connectivity index (χ3v) is 2.45. The van der Waals surface area contributed by atoms with Gasteiger partial charge in [-0.05, 0) is 17.7 Å². The molecule has 1 aromatic carbocycles. The van der Waals surface area contributed by atoms with Crippen molar-refractivity contribution in [3.05, 3.63) is 46.1 Å². The van der Waals surface area contributed by atoms with Gasteiger partial charge in [0.25, 0.3) is 0 Å². The van der Waals surface area contributed by atoms with Crippen LogP contribution in [0.1, 0.15) is 5.56 Å². The van der Waals surface area contributed by atoms with E-state index in [9.17, 15) is 10.1 Å². The van der Waals surface area contributed by atoms with Crippen LogP contribution in [0.15, 0.2) is 30.5 Å². The standard InChI is InChI=1S/C11H13N5O2/c1-15-7-10(16(17)18)11(14-15)13-6-8-2-4-9(12)5-3-8/h2-5,7H,6,12H2,1H3,(H,13,14). The topological polar surface area (TPSA) is 99.0 Å². The molecule has 18 heavy (non-hydrogen) atoms. The first-order valence-electron chi connectivity index (χ1n) is 5.32. The Labute approximate surface area is 103 Å². The number of nitrogen functional groups attached to an aromatic ring is 1. The van der Waals surface area contributed by atoms with Crippen LogP contribution in [0.3, 0.4) is 0 Å². The lowest BCUT2D eigenvalue weighted by molar-refractivity contribution is -0.384. The van der Waals surface area contributed by atoms with Crippen molar-refractivity contribution in [1.82, 2.24) is 9.78 Å². The molecule has 0 aliphatic carbocycles. The normalized spacial score (nSPS) is 10.3. The summed E-state index contributed by atoms with van der Waals surface area (Å²) in [7, 11) is 1.64. The number of benzene rings is 1. The fourth-order valence-corrected chi connectivity index (χ4v) is 1.56. The van der Waals surface area contributed by atoms with Crippen LogP contribution in [0.25, 0.3) is 0 Å². The summed E-state index contributed by atoms with van der Waals surface area (Å²) < 4.78 is 1.41. The van der Waals surface area contributed by atoms with E-state index < -0.39 is 4.92 Å². The molecule has 1 aromatic heterocycles. The minimum Gasteiger partial charge on any atom is -0.399 e. The molecule has 0 radical (unpaired) electrons. The number of aryl methyl sites for hydroxylation is 1. The van der Waals surface area contributed by atoms with E-state index in [0.29, 0.717) is 12.2 Å². The van der Waals surface area contributed by atoms with E-state index in [-0.39, 0.29) is 11.5 Å². The van der Waals surface area contributed by atoms with Gasteiger partial charge in [-0.2, -0.15) is 0 Å². The van der Waals surface area contributed by atoms with Crippen LogP contribution >= 0.6 is 0 Å². The maximum Gasteiger partial charge on any atom is 0.330 e. The minimum atomic E-state index is -0.460. The van der Waals surface area contributed by atoms with Gasteiger partial charge in [0.15, 0.2) is 0 Å². The van der Waals surface area contributed by atoms with Crippen LogP contribution in [-0.4, -0.2) is 14.7 Å². The maximum atomic E-state index is 10.8. The number of nitro groups is 1. The molecule has 2 aromatic rings. The van der Waals surface area contributed by atoms with Gasteiger partial charge in [0, 0.05) is 19.3 Å². The summed E-state index contributed by atoms with van der Waals surface area (Å²) in [5.74, 6) is 0.263. The summed E-state index contributed by atoms with van der Waals surface area (Å²) in [6.07, 6.45) is 1.37. The van der Waals surface area contributed by atoms with Gasteiger partial charge in [0.1, 0.15) is 6.20 Å². The zero-order valence-corrected chi connectivity index (χ0v) is 9.83. The average molecular weight is 247 g/mol. The summed E-state index contributed by atoms with van der Waals surface area (Å²) in [6, 6.07) is 7.28. The molecule has 0 saturated carbocycles. The second kappa shape index (κ2) is 4.74. The van der Waals surface area contributed by atoms with Crippen molar-refractivity contribution in [1.29, 1.82) is 0 Å². The predicted octanol–water partition coefficient (Wildman–Crippen LogP) is 1.52. The molecule has 0 saturated heterocycles. The molecule has 0 atom stereocenters. The van der Waals surface area contributed by atoms with Gasteiger partial charge < -0.3 is 11.1 Å². The van der Waals surface area contributed by atoms with Gasteiger partial charge in [-0.25, -0.2) is 0 Å². The number of nitrogens with one attached hydrogen (secondary N) is 1. The lowest BCUT2D eigenvalue weighted by Gasteiger charge is -2.03. The van der Waals surface area contributed by atoms with Gasteiger partial charge >= 0.3 is 5.69 Å². The van der Waals surface area contributed by atoms with Gasteiger partial charge in [-0.15, -0.1) is 5.10 Å². The molecular formula is C11H13N5O2. The van der Waals surface area contributed by atoms with Crippen molar-refractivity contribution in [3.8, 4) is 0 Å². The molecule has 0 unspecified atom stereocenters. The van der Waals surface area contributed by atoms with E-state index in [1.165, 1.54) is 10.9 Å². The fourth-order valence-electron chi connectivity index (χ4n) is 1.56. The Hall–Kier alpha value is -2.57. The number of anilines is 2. The highest BCUT2D eigenvalue weighted by molar-refractivity contribution is 5.54. The monoisotopic (exact) mass is 247 g/mol.